The molecule has 1 fully saturated rings. The fraction of sp³-hybridized carbons (Fsp3) is 0.364. The van der Waals surface area contributed by atoms with E-state index in [1.807, 2.05) is 17.0 Å². The summed E-state index contributed by atoms with van der Waals surface area (Å²) < 4.78 is 0. The van der Waals surface area contributed by atoms with Crippen molar-refractivity contribution in [3.05, 3.63) is 29.3 Å². The summed E-state index contributed by atoms with van der Waals surface area (Å²) in [6, 6.07) is 7.33. The second-order valence-electron chi connectivity index (χ2n) is 3.75. The Morgan fingerprint density at radius 3 is 2.75 bits per heavy atom. The minimum absolute atomic E-state index is 0.486. The number of benzene rings is 1. The van der Waals surface area contributed by atoms with Gasteiger partial charge in [0.2, 0.25) is 5.96 Å². The average Bonchev–Trinajstić information content (AvgIpc) is 2.79. The van der Waals surface area contributed by atoms with Gasteiger partial charge >= 0.3 is 0 Å². The molecule has 0 saturated carbocycles. The summed E-state index contributed by atoms with van der Waals surface area (Å²) in [7, 11) is 0. The molecule has 0 spiro atoms. The van der Waals surface area contributed by atoms with E-state index >= 15 is 0 Å². The second-order valence-corrected chi connectivity index (χ2v) is 4.19. The zero-order valence-electron chi connectivity index (χ0n) is 8.86. The molecular formula is C11H14ClN3O. The van der Waals surface area contributed by atoms with Gasteiger partial charge in [0.15, 0.2) is 0 Å². The van der Waals surface area contributed by atoms with Crippen LogP contribution in [0.15, 0.2) is 29.4 Å². The molecule has 2 N–H and O–H groups in total. The predicted octanol–water partition coefficient (Wildman–Crippen LogP) is 2.59. The fourth-order valence-electron chi connectivity index (χ4n) is 1.79. The molecule has 16 heavy (non-hydrogen) atoms. The number of rotatable bonds is 1. The van der Waals surface area contributed by atoms with Crippen molar-refractivity contribution in [2.24, 2.45) is 5.16 Å². The van der Waals surface area contributed by atoms with Crippen molar-refractivity contribution in [1.29, 1.82) is 0 Å². The highest BCUT2D eigenvalue weighted by Crippen LogP contribution is 2.16. The molecule has 86 valence electrons. The first-order valence-electron chi connectivity index (χ1n) is 5.29. The summed E-state index contributed by atoms with van der Waals surface area (Å²) in [5, 5.41) is 16.0. The highest BCUT2D eigenvalue weighted by Gasteiger charge is 2.16. The van der Waals surface area contributed by atoms with E-state index in [-0.39, 0.29) is 0 Å². The normalized spacial score (nSPS) is 16.6. The molecule has 1 saturated heterocycles. The SMILES string of the molecule is O/N=C(/Nc1cccc(Cl)c1)N1CCCC1. The Morgan fingerprint density at radius 2 is 2.12 bits per heavy atom. The molecule has 0 aromatic heterocycles. The van der Waals surface area contributed by atoms with E-state index in [0.717, 1.165) is 31.6 Å². The Morgan fingerprint density at radius 1 is 1.38 bits per heavy atom. The van der Waals surface area contributed by atoms with Gasteiger partial charge in [-0.1, -0.05) is 22.8 Å². The van der Waals surface area contributed by atoms with Crippen LogP contribution in [-0.4, -0.2) is 29.2 Å². The topological polar surface area (TPSA) is 47.9 Å². The average molecular weight is 240 g/mol. The first kappa shape index (κ1) is 11.1. The van der Waals surface area contributed by atoms with Crippen LogP contribution in [-0.2, 0) is 0 Å². The largest absolute Gasteiger partial charge is 0.408 e. The summed E-state index contributed by atoms with van der Waals surface area (Å²) in [5.74, 6) is 0.486. The third kappa shape index (κ3) is 2.58. The van der Waals surface area contributed by atoms with E-state index in [1.54, 1.807) is 12.1 Å². The van der Waals surface area contributed by atoms with E-state index in [9.17, 15) is 0 Å². The highest BCUT2D eigenvalue weighted by atomic mass is 35.5. The van der Waals surface area contributed by atoms with Crippen molar-refractivity contribution in [3.8, 4) is 0 Å². The van der Waals surface area contributed by atoms with Crippen LogP contribution in [0.25, 0.3) is 0 Å². The van der Waals surface area contributed by atoms with Crippen molar-refractivity contribution in [1.82, 2.24) is 4.90 Å². The summed E-state index contributed by atoms with van der Waals surface area (Å²) in [6.07, 6.45) is 2.27. The Balaban J connectivity index is 2.07. The van der Waals surface area contributed by atoms with Gasteiger partial charge in [-0.3, -0.25) is 0 Å². The Bertz CT molecular complexity index is 389. The van der Waals surface area contributed by atoms with Crippen LogP contribution in [0.4, 0.5) is 5.69 Å². The van der Waals surface area contributed by atoms with E-state index in [0.29, 0.717) is 11.0 Å². The number of hydrogen-bond acceptors (Lipinski definition) is 2. The number of nitrogens with one attached hydrogen (secondary N) is 1. The monoisotopic (exact) mass is 239 g/mol. The van der Waals surface area contributed by atoms with Gasteiger partial charge in [0.25, 0.3) is 0 Å². The van der Waals surface area contributed by atoms with Gasteiger partial charge < -0.3 is 15.4 Å². The predicted molar refractivity (Wildman–Crippen MR) is 65.1 cm³/mol. The molecule has 1 aliphatic rings. The van der Waals surface area contributed by atoms with Crippen molar-refractivity contribution in [2.75, 3.05) is 18.4 Å². The minimum Gasteiger partial charge on any atom is -0.408 e. The smallest absolute Gasteiger partial charge is 0.240 e. The van der Waals surface area contributed by atoms with Crippen molar-refractivity contribution >= 4 is 23.2 Å². The van der Waals surface area contributed by atoms with Crippen molar-refractivity contribution < 1.29 is 5.21 Å². The van der Waals surface area contributed by atoms with E-state index in [4.69, 9.17) is 16.8 Å². The third-order valence-electron chi connectivity index (χ3n) is 2.58. The molecule has 0 bridgehead atoms. The van der Waals surface area contributed by atoms with Gasteiger partial charge in [-0.2, -0.15) is 0 Å². The lowest BCUT2D eigenvalue weighted by molar-refractivity contribution is 0.306. The van der Waals surface area contributed by atoms with Crippen LogP contribution in [0.2, 0.25) is 5.02 Å². The van der Waals surface area contributed by atoms with Gasteiger partial charge in [0.05, 0.1) is 0 Å². The maximum atomic E-state index is 8.97. The van der Waals surface area contributed by atoms with Crippen molar-refractivity contribution in [2.45, 2.75) is 12.8 Å². The molecule has 1 aliphatic heterocycles. The van der Waals surface area contributed by atoms with Crippen molar-refractivity contribution in [3.63, 3.8) is 0 Å². The number of anilines is 1. The van der Waals surface area contributed by atoms with Gasteiger partial charge in [0.1, 0.15) is 0 Å². The molecule has 4 nitrogen and oxygen atoms in total. The van der Waals surface area contributed by atoms with Gasteiger partial charge in [-0.15, -0.1) is 0 Å². The zero-order chi connectivity index (χ0) is 11.4. The molecule has 2 rings (SSSR count). The van der Waals surface area contributed by atoms with Crippen LogP contribution >= 0.6 is 11.6 Å². The molecule has 0 amide bonds. The van der Waals surface area contributed by atoms with E-state index in [1.165, 1.54) is 0 Å². The van der Waals surface area contributed by atoms with Crippen LogP contribution in [0.3, 0.4) is 0 Å². The Kier molecular flexibility index (Phi) is 3.51. The minimum atomic E-state index is 0.486. The van der Waals surface area contributed by atoms with E-state index in [2.05, 4.69) is 10.5 Å². The second kappa shape index (κ2) is 5.07. The molecular weight excluding hydrogens is 226 g/mol. The van der Waals surface area contributed by atoms with Crippen LogP contribution in [0.5, 0.6) is 0 Å². The lowest BCUT2D eigenvalue weighted by atomic mass is 10.3. The first-order chi connectivity index (χ1) is 7.79. The molecule has 1 aromatic rings. The number of nitrogens with zero attached hydrogens (tertiary/aromatic N) is 2. The number of likely N-dealkylation sites (tertiary alicyclic amines) is 1. The summed E-state index contributed by atoms with van der Waals surface area (Å²) >= 11 is 5.88. The van der Waals surface area contributed by atoms with Crippen LogP contribution in [0, 0.1) is 0 Å². The molecule has 1 heterocycles. The van der Waals surface area contributed by atoms with Crippen LogP contribution < -0.4 is 5.32 Å². The van der Waals surface area contributed by atoms with Gasteiger partial charge in [-0.05, 0) is 31.0 Å². The Labute approximate surface area is 99.5 Å². The lowest BCUT2D eigenvalue weighted by Crippen LogP contribution is -2.33. The summed E-state index contributed by atoms with van der Waals surface area (Å²) in [4.78, 5) is 2.01. The maximum Gasteiger partial charge on any atom is 0.240 e. The molecule has 5 heteroatoms. The van der Waals surface area contributed by atoms with Gasteiger partial charge in [-0.25, -0.2) is 0 Å². The first-order valence-corrected chi connectivity index (χ1v) is 5.67. The highest BCUT2D eigenvalue weighted by molar-refractivity contribution is 6.30. The number of oxime groups is 1. The van der Waals surface area contributed by atoms with Gasteiger partial charge in [0, 0.05) is 23.8 Å². The summed E-state index contributed by atoms with van der Waals surface area (Å²) in [5.41, 5.74) is 0.826. The van der Waals surface area contributed by atoms with Crippen LogP contribution in [0.1, 0.15) is 12.8 Å². The van der Waals surface area contributed by atoms with E-state index < -0.39 is 0 Å². The maximum absolute atomic E-state index is 8.97. The quantitative estimate of drug-likeness (QED) is 0.343. The third-order valence-corrected chi connectivity index (χ3v) is 2.82. The number of halogens is 1. The molecule has 0 aliphatic carbocycles. The molecule has 0 radical (unpaired) electrons. The molecule has 0 unspecified atom stereocenters. The Hall–Kier alpha value is -1.42. The number of guanidine groups is 1. The standard InChI is InChI=1S/C11H14ClN3O/c12-9-4-3-5-10(8-9)13-11(14-16)15-6-1-2-7-15/h3-5,8,16H,1-2,6-7H2,(H,13,14). The zero-order valence-corrected chi connectivity index (χ0v) is 9.61. The molecule has 0 atom stereocenters. The lowest BCUT2D eigenvalue weighted by Gasteiger charge is -2.19. The number of hydrogen-bond donors (Lipinski definition) is 2. The fourth-order valence-corrected chi connectivity index (χ4v) is 1.98. The summed E-state index contributed by atoms with van der Waals surface area (Å²) in [6.45, 7) is 1.85. The molecule has 1 aromatic carbocycles.